The van der Waals surface area contributed by atoms with Crippen LogP contribution in [-0.4, -0.2) is 45.9 Å². The predicted octanol–water partition coefficient (Wildman–Crippen LogP) is 2.28. The molecule has 1 amide bonds. The first-order valence-corrected chi connectivity index (χ1v) is 10.1. The minimum atomic E-state index is -4.15. The van der Waals surface area contributed by atoms with Crippen LogP contribution in [0.15, 0.2) is 41.3 Å². The maximum absolute atomic E-state index is 13.5. The first-order chi connectivity index (χ1) is 13.2. The molecule has 2 aliphatic heterocycles. The Morgan fingerprint density at radius 2 is 1.79 bits per heavy atom. The smallest absolute Gasteiger partial charge is 0.243 e. The molecule has 0 unspecified atom stereocenters. The third-order valence-electron chi connectivity index (χ3n) is 5.50. The van der Waals surface area contributed by atoms with E-state index in [4.69, 9.17) is 4.74 Å². The molecule has 2 aliphatic rings. The number of rotatable bonds is 3. The Morgan fingerprint density at radius 3 is 2.43 bits per heavy atom. The van der Waals surface area contributed by atoms with Crippen molar-refractivity contribution >= 4 is 21.6 Å². The summed E-state index contributed by atoms with van der Waals surface area (Å²) in [6, 6.07) is 7.42. The molecule has 2 aromatic carbocycles. The Hall–Kier alpha value is -2.52. The number of likely N-dealkylation sites (N-methyl/N-ethyl adjacent to an activating group) is 1. The van der Waals surface area contributed by atoms with Gasteiger partial charge in [-0.15, -0.1) is 0 Å². The van der Waals surface area contributed by atoms with Gasteiger partial charge in [-0.3, -0.25) is 4.79 Å². The number of benzene rings is 2. The van der Waals surface area contributed by atoms with E-state index in [0.29, 0.717) is 23.1 Å². The normalized spacial score (nSPS) is 22.1. The van der Waals surface area contributed by atoms with Crippen molar-refractivity contribution in [2.24, 2.45) is 0 Å². The van der Waals surface area contributed by atoms with E-state index in [1.54, 1.807) is 25.2 Å². The molecular formula is C19H18F2N2O4S. The van der Waals surface area contributed by atoms with Crippen LogP contribution >= 0.6 is 0 Å². The molecule has 28 heavy (non-hydrogen) atoms. The fourth-order valence-corrected chi connectivity index (χ4v) is 5.61. The van der Waals surface area contributed by atoms with E-state index >= 15 is 0 Å². The number of nitrogens with zero attached hydrogens (tertiary/aromatic N) is 2. The predicted molar refractivity (Wildman–Crippen MR) is 97.8 cm³/mol. The van der Waals surface area contributed by atoms with Crippen LogP contribution in [0.3, 0.4) is 0 Å². The molecule has 1 atom stereocenters. The number of sulfonamides is 1. The van der Waals surface area contributed by atoms with Crippen LogP contribution in [0.4, 0.5) is 14.5 Å². The third kappa shape index (κ3) is 2.61. The number of ether oxygens (including phenoxy) is 1. The standard InChI is InChI=1S/C19H18F2N2O4S/c1-22-17-4-3-14(27-2)10-16(17)19(18(22)24)5-6-23(11-19)28(25,26)15-8-12(20)7-13(21)9-15/h3-4,7-10H,5-6,11H2,1-2H3/t19-/m0/s1. The van der Waals surface area contributed by atoms with Gasteiger partial charge in [0, 0.05) is 31.9 Å². The lowest BCUT2D eigenvalue weighted by Crippen LogP contribution is -2.42. The van der Waals surface area contributed by atoms with Gasteiger partial charge in [0.2, 0.25) is 15.9 Å². The van der Waals surface area contributed by atoms with Gasteiger partial charge in [0.1, 0.15) is 17.4 Å². The fourth-order valence-electron chi connectivity index (χ4n) is 4.06. The second kappa shape index (κ2) is 6.25. The van der Waals surface area contributed by atoms with Crippen molar-refractivity contribution in [3.05, 3.63) is 53.6 Å². The molecule has 0 bridgehead atoms. The Kier molecular flexibility index (Phi) is 4.20. The lowest BCUT2D eigenvalue weighted by atomic mass is 9.81. The first-order valence-electron chi connectivity index (χ1n) is 8.62. The molecule has 0 radical (unpaired) electrons. The number of carbonyl (C=O) groups is 1. The monoisotopic (exact) mass is 408 g/mol. The highest BCUT2D eigenvalue weighted by Crippen LogP contribution is 2.48. The minimum Gasteiger partial charge on any atom is -0.497 e. The van der Waals surface area contributed by atoms with Gasteiger partial charge >= 0.3 is 0 Å². The maximum atomic E-state index is 13.5. The Morgan fingerprint density at radius 1 is 1.11 bits per heavy atom. The molecule has 0 N–H and O–H groups in total. The van der Waals surface area contributed by atoms with Crippen molar-refractivity contribution in [3.63, 3.8) is 0 Å². The number of hydrogen-bond acceptors (Lipinski definition) is 4. The highest BCUT2D eigenvalue weighted by Gasteiger charge is 2.55. The first kappa shape index (κ1) is 18.8. The van der Waals surface area contributed by atoms with E-state index < -0.39 is 32.0 Å². The number of halogens is 2. The average Bonchev–Trinajstić information content (AvgIpc) is 3.19. The summed E-state index contributed by atoms with van der Waals surface area (Å²) in [5.41, 5.74) is 0.349. The summed E-state index contributed by atoms with van der Waals surface area (Å²) in [5.74, 6) is -1.59. The number of hydrogen-bond donors (Lipinski definition) is 0. The van der Waals surface area contributed by atoms with Crippen molar-refractivity contribution in [2.75, 3.05) is 32.1 Å². The van der Waals surface area contributed by atoms with Gasteiger partial charge in [-0.1, -0.05) is 0 Å². The summed E-state index contributed by atoms with van der Waals surface area (Å²) >= 11 is 0. The highest BCUT2D eigenvalue weighted by atomic mass is 32.2. The van der Waals surface area contributed by atoms with Crippen LogP contribution in [0.1, 0.15) is 12.0 Å². The van der Waals surface area contributed by atoms with Gasteiger partial charge in [0.15, 0.2) is 0 Å². The van der Waals surface area contributed by atoms with Crippen LogP contribution in [-0.2, 0) is 20.2 Å². The summed E-state index contributed by atoms with van der Waals surface area (Å²) in [4.78, 5) is 14.1. The molecule has 9 heteroatoms. The van der Waals surface area contributed by atoms with Gasteiger partial charge in [0.05, 0.1) is 17.4 Å². The molecule has 4 rings (SSSR count). The zero-order chi connectivity index (χ0) is 20.3. The Balaban J connectivity index is 1.75. The summed E-state index contributed by atoms with van der Waals surface area (Å²) in [5, 5.41) is 0. The van der Waals surface area contributed by atoms with Crippen LogP contribution < -0.4 is 9.64 Å². The molecule has 2 heterocycles. The van der Waals surface area contributed by atoms with Gasteiger partial charge < -0.3 is 9.64 Å². The van der Waals surface area contributed by atoms with Crippen molar-refractivity contribution in [1.29, 1.82) is 0 Å². The lowest BCUT2D eigenvalue weighted by Gasteiger charge is -2.23. The van der Waals surface area contributed by atoms with E-state index in [-0.39, 0.29) is 25.4 Å². The SMILES string of the molecule is COc1ccc2c(c1)[C@@]1(CCN(S(=O)(=O)c3cc(F)cc(F)c3)C1)C(=O)N2C. The fraction of sp³-hybridized carbons (Fsp3) is 0.316. The summed E-state index contributed by atoms with van der Waals surface area (Å²) < 4.78 is 59.3. The second-order valence-electron chi connectivity index (χ2n) is 7.02. The van der Waals surface area contributed by atoms with Gasteiger partial charge in [0.25, 0.3) is 0 Å². The molecule has 0 aliphatic carbocycles. The average molecular weight is 408 g/mol. The molecule has 1 spiro atoms. The molecule has 6 nitrogen and oxygen atoms in total. The summed E-state index contributed by atoms with van der Waals surface area (Å²) in [6.45, 7) is -0.0342. The van der Waals surface area contributed by atoms with Crippen molar-refractivity contribution in [1.82, 2.24) is 4.31 Å². The van der Waals surface area contributed by atoms with E-state index in [9.17, 15) is 22.0 Å². The Bertz CT molecular complexity index is 1070. The van der Waals surface area contributed by atoms with Crippen molar-refractivity contribution in [2.45, 2.75) is 16.7 Å². The van der Waals surface area contributed by atoms with E-state index in [1.165, 1.54) is 12.0 Å². The number of carbonyl (C=O) groups excluding carboxylic acids is 1. The zero-order valence-electron chi connectivity index (χ0n) is 15.3. The number of anilines is 1. The second-order valence-corrected chi connectivity index (χ2v) is 8.96. The van der Waals surface area contributed by atoms with Crippen LogP contribution in [0.25, 0.3) is 0 Å². The summed E-state index contributed by atoms with van der Waals surface area (Å²) in [6.07, 6.45) is 0.271. The van der Waals surface area contributed by atoms with Gasteiger partial charge in [-0.05, 0) is 42.3 Å². The van der Waals surface area contributed by atoms with E-state index in [0.717, 1.165) is 16.4 Å². The molecule has 148 valence electrons. The lowest BCUT2D eigenvalue weighted by molar-refractivity contribution is -0.122. The Labute approximate surface area is 161 Å². The van der Waals surface area contributed by atoms with Crippen LogP contribution in [0.5, 0.6) is 5.75 Å². The van der Waals surface area contributed by atoms with Crippen molar-refractivity contribution in [3.8, 4) is 5.75 Å². The molecule has 2 aromatic rings. The zero-order valence-corrected chi connectivity index (χ0v) is 16.1. The van der Waals surface area contributed by atoms with Crippen molar-refractivity contribution < 1.29 is 26.7 Å². The maximum Gasteiger partial charge on any atom is 0.243 e. The molecule has 1 saturated heterocycles. The van der Waals surface area contributed by atoms with Gasteiger partial charge in [-0.2, -0.15) is 4.31 Å². The van der Waals surface area contributed by atoms with Crippen LogP contribution in [0.2, 0.25) is 0 Å². The minimum absolute atomic E-state index is 0.0662. The van der Waals surface area contributed by atoms with E-state index in [2.05, 4.69) is 0 Å². The largest absolute Gasteiger partial charge is 0.497 e. The van der Waals surface area contributed by atoms with Gasteiger partial charge in [-0.25, -0.2) is 17.2 Å². The molecule has 1 fully saturated rings. The van der Waals surface area contributed by atoms with Crippen LogP contribution in [0, 0.1) is 11.6 Å². The molecule has 0 saturated carbocycles. The molecule has 0 aromatic heterocycles. The third-order valence-corrected chi connectivity index (χ3v) is 7.33. The quantitative estimate of drug-likeness (QED) is 0.782. The number of methoxy groups -OCH3 is 1. The number of fused-ring (bicyclic) bond motifs is 2. The number of amides is 1. The molecular weight excluding hydrogens is 390 g/mol. The highest BCUT2D eigenvalue weighted by molar-refractivity contribution is 7.89. The summed E-state index contributed by atoms with van der Waals surface area (Å²) in [7, 11) is -1.00. The van der Waals surface area contributed by atoms with E-state index in [1.807, 2.05) is 0 Å². The topological polar surface area (TPSA) is 66.9 Å².